The largest absolute Gasteiger partial charge is 0.398 e. The SMILES string of the molecule is Cc1cc(N)c(Cl)cc1NCc1cccc(Cl)c1. The maximum atomic E-state index is 6.01. The van der Waals surface area contributed by atoms with Crippen molar-refractivity contribution in [2.75, 3.05) is 11.1 Å². The van der Waals surface area contributed by atoms with Gasteiger partial charge in [0.1, 0.15) is 0 Å². The molecule has 0 unspecified atom stereocenters. The molecular weight excluding hydrogens is 267 g/mol. The predicted molar refractivity (Wildman–Crippen MR) is 79.4 cm³/mol. The van der Waals surface area contributed by atoms with Gasteiger partial charge in [0.15, 0.2) is 0 Å². The van der Waals surface area contributed by atoms with Gasteiger partial charge in [-0.15, -0.1) is 0 Å². The first-order valence-corrected chi connectivity index (χ1v) is 6.36. The minimum Gasteiger partial charge on any atom is -0.398 e. The molecule has 0 aliphatic rings. The van der Waals surface area contributed by atoms with Crippen molar-refractivity contribution in [2.45, 2.75) is 13.5 Å². The van der Waals surface area contributed by atoms with Crippen molar-refractivity contribution in [3.05, 3.63) is 57.6 Å². The highest BCUT2D eigenvalue weighted by atomic mass is 35.5. The van der Waals surface area contributed by atoms with Gasteiger partial charge in [-0.1, -0.05) is 35.3 Å². The molecule has 0 saturated carbocycles. The Morgan fingerprint density at radius 1 is 1.17 bits per heavy atom. The van der Waals surface area contributed by atoms with Gasteiger partial charge >= 0.3 is 0 Å². The van der Waals surface area contributed by atoms with Crippen molar-refractivity contribution in [3.8, 4) is 0 Å². The number of hydrogen-bond acceptors (Lipinski definition) is 2. The smallest absolute Gasteiger partial charge is 0.0656 e. The molecule has 18 heavy (non-hydrogen) atoms. The van der Waals surface area contributed by atoms with Gasteiger partial charge in [-0.2, -0.15) is 0 Å². The van der Waals surface area contributed by atoms with Crippen LogP contribution in [0, 0.1) is 6.92 Å². The Labute approximate surface area is 117 Å². The van der Waals surface area contributed by atoms with Crippen LogP contribution >= 0.6 is 23.2 Å². The zero-order chi connectivity index (χ0) is 13.1. The molecule has 0 saturated heterocycles. The lowest BCUT2D eigenvalue weighted by atomic mass is 10.1. The molecule has 0 radical (unpaired) electrons. The van der Waals surface area contributed by atoms with Crippen LogP contribution in [0.2, 0.25) is 10.0 Å². The molecule has 4 heteroatoms. The van der Waals surface area contributed by atoms with Gasteiger partial charge in [-0.25, -0.2) is 0 Å². The van der Waals surface area contributed by atoms with Gasteiger partial charge in [0.2, 0.25) is 0 Å². The van der Waals surface area contributed by atoms with Crippen LogP contribution in [-0.2, 0) is 6.54 Å². The van der Waals surface area contributed by atoms with E-state index in [1.54, 1.807) is 0 Å². The van der Waals surface area contributed by atoms with E-state index in [4.69, 9.17) is 28.9 Å². The minimum absolute atomic E-state index is 0.564. The molecule has 0 aliphatic carbocycles. The Balaban J connectivity index is 2.13. The quantitative estimate of drug-likeness (QED) is 0.813. The Hall–Kier alpha value is -1.38. The third-order valence-electron chi connectivity index (χ3n) is 2.72. The second kappa shape index (κ2) is 5.51. The Morgan fingerprint density at radius 3 is 2.67 bits per heavy atom. The second-order valence-electron chi connectivity index (χ2n) is 4.17. The fourth-order valence-electron chi connectivity index (χ4n) is 1.74. The monoisotopic (exact) mass is 280 g/mol. The van der Waals surface area contributed by atoms with Crippen molar-refractivity contribution in [1.82, 2.24) is 0 Å². The number of anilines is 2. The Bertz CT molecular complexity index is 568. The molecular formula is C14H14Cl2N2. The van der Waals surface area contributed by atoms with Crippen LogP contribution in [0.5, 0.6) is 0 Å². The number of benzene rings is 2. The Kier molecular flexibility index (Phi) is 4.00. The standard InChI is InChI=1S/C14H14Cl2N2/c1-9-5-13(17)12(16)7-14(9)18-8-10-3-2-4-11(15)6-10/h2-7,18H,8,17H2,1H3. The van der Waals surface area contributed by atoms with E-state index < -0.39 is 0 Å². The molecule has 2 rings (SSSR count). The maximum Gasteiger partial charge on any atom is 0.0656 e. The van der Waals surface area contributed by atoms with Crippen LogP contribution in [0.25, 0.3) is 0 Å². The van der Waals surface area contributed by atoms with Gasteiger partial charge in [-0.05, 0) is 42.3 Å². The van der Waals surface area contributed by atoms with Crippen molar-refractivity contribution in [1.29, 1.82) is 0 Å². The summed E-state index contributed by atoms with van der Waals surface area (Å²) in [7, 11) is 0. The summed E-state index contributed by atoms with van der Waals surface area (Å²) in [6.45, 7) is 2.69. The van der Waals surface area contributed by atoms with E-state index >= 15 is 0 Å². The van der Waals surface area contributed by atoms with Crippen LogP contribution in [0.1, 0.15) is 11.1 Å². The summed E-state index contributed by atoms with van der Waals surface area (Å²) in [5.74, 6) is 0. The number of rotatable bonds is 3. The van der Waals surface area contributed by atoms with Crippen molar-refractivity contribution >= 4 is 34.6 Å². The average Bonchev–Trinajstić information content (AvgIpc) is 2.32. The minimum atomic E-state index is 0.564. The van der Waals surface area contributed by atoms with E-state index in [-0.39, 0.29) is 0 Å². The van der Waals surface area contributed by atoms with Crippen LogP contribution < -0.4 is 11.1 Å². The number of nitrogens with one attached hydrogen (secondary N) is 1. The molecule has 0 atom stereocenters. The summed E-state index contributed by atoms with van der Waals surface area (Å²) in [4.78, 5) is 0. The molecule has 2 nitrogen and oxygen atoms in total. The highest BCUT2D eigenvalue weighted by Gasteiger charge is 2.03. The van der Waals surface area contributed by atoms with Crippen molar-refractivity contribution in [3.63, 3.8) is 0 Å². The molecule has 0 bridgehead atoms. The summed E-state index contributed by atoms with van der Waals surface area (Å²) in [6, 6.07) is 11.5. The highest BCUT2D eigenvalue weighted by Crippen LogP contribution is 2.27. The fraction of sp³-hybridized carbons (Fsp3) is 0.143. The highest BCUT2D eigenvalue weighted by molar-refractivity contribution is 6.33. The van der Waals surface area contributed by atoms with Gasteiger partial charge in [0, 0.05) is 17.3 Å². The lowest BCUT2D eigenvalue weighted by molar-refractivity contribution is 1.14. The number of halogens is 2. The van der Waals surface area contributed by atoms with Crippen LogP contribution in [0.15, 0.2) is 36.4 Å². The molecule has 2 aromatic rings. The van der Waals surface area contributed by atoms with Crippen LogP contribution in [-0.4, -0.2) is 0 Å². The first-order chi connectivity index (χ1) is 8.56. The molecule has 2 aromatic carbocycles. The lowest BCUT2D eigenvalue weighted by Gasteiger charge is -2.11. The summed E-state index contributed by atoms with van der Waals surface area (Å²) < 4.78 is 0. The first-order valence-electron chi connectivity index (χ1n) is 5.60. The third kappa shape index (κ3) is 3.09. The fourth-order valence-corrected chi connectivity index (χ4v) is 2.12. The van der Waals surface area contributed by atoms with E-state index in [1.807, 2.05) is 43.3 Å². The van der Waals surface area contributed by atoms with Gasteiger partial charge < -0.3 is 11.1 Å². The van der Waals surface area contributed by atoms with Gasteiger partial charge in [-0.3, -0.25) is 0 Å². The number of nitrogen functional groups attached to an aromatic ring is 1. The summed E-state index contributed by atoms with van der Waals surface area (Å²) in [5.41, 5.74) is 9.51. The average molecular weight is 281 g/mol. The van der Waals surface area contributed by atoms with Crippen molar-refractivity contribution < 1.29 is 0 Å². The van der Waals surface area contributed by atoms with E-state index in [1.165, 1.54) is 0 Å². The van der Waals surface area contributed by atoms with Crippen LogP contribution in [0.4, 0.5) is 11.4 Å². The molecule has 94 valence electrons. The normalized spacial score (nSPS) is 10.4. The number of aryl methyl sites for hydroxylation is 1. The summed E-state index contributed by atoms with van der Waals surface area (Å²) in [5, 5.41) is 4.63. The topological polar surface area (TPSA) is 38.0 Å². The zero-order valence-corrected chi connectivity index (χ0v) is 11.5. The molecule has 0 aliphatic heterocycles. The van der Waals surface area contributed by atoms with Gasteiger partial charge in [0.05, 0.1) is 10.7 Å². The van der Waals surface area contributed by atoms with E-state index in [0.29, 0.717) is 17.3 Å². The molecule has 0 heterocycles. The third-order valence-corrected chi connectivity index (χ3v) is 3.28. The molecule has 3 N–H and O–H groups in total. The predicted octanol–water partition coefficient (Wildman–Crippen LogP) is 4.50. The summed E-state index contributed by atoms with van der Waals surface area (Å²) in [6.07, 6.45) is 0. The van der Waals surface area contributed by atoms with Crippen LogP contribution in [0.3, 0.4) is 0 Å². The lowest BCUT2D eigenvalue weighted by Crippen LogP contribution is -2.02. The van der Waals surface area contributed by atoms with E-state index in [9.17, 15) is 0 Å². The Morgan fingerprint density at radius 2 is 1.94 bits per heavy atom. The van der Waals surface area contributed by atoms with Crippen molar-refractivity contribution in [2.24, 2.45) is 0 Å². The molecule has 0 aromatic heterocycles. The van der Waals surface area contributed by atoms with E-state index in [2.05, 4.69) is 5.32 Å². The van der Waals surface area contributed by atoms with Gasteiger partial charge in [0.25, 0.3) is 0 Å². The molecule has 0 fully saturated rings. The zero-order valence-electron chi connectivity index (χ0n) is 10.0. The summed E-state index contributed by atoms with van der Waals surface area (Å²) >= 11 is 11.9. The van der Waals surface area contributed by atoms with E-state index in [0.717, 1.165) is 21.8 Å². The second-order valence-corrected chi connectivity index (χ2v) is 5.02. The molecule has 0 amide bonds. The molecule has 0 spiro atoms. The first kappa shape index (κ1) is 13.1. The number of nitrogens with two attached hydrogens (primary N) is 1. The number of hydrogen-bond donors (Lipinski definition) is 2. The maximum absolute atomic E-state index is 6.01.